The highest BCUT2D eigenvalue weighted by atomic mass is 32.3. The van der Waals surface area contributed by atoms with E-state index in [1.54, 1.807) is 49.7 Å². The number of ether oxygens (including phenoxy) is 1. The standard InChI is InChI=1S/C22H30FN5O4S.2H2/c1-14(29)24-7-6-8-25-20-10-15(9-19(23)27-20)16-12-26-21-11-17(32-5)18(13-28(16)21)33(30,31)22(2,3)4;;/h9-13,30-31H,6-8H2,1-5H3,(H,24,29)(H,25,27);2*1H. The fourth-order valence-electron chi connectivity index (χ4n) is 3.21. The first-order valence-electron chi connectivity index (χ1n) is 10.4. The van der Waals surface area contributed by atoms with E-state index in [2.05, 4.69) is 20.6 Å². The average molecular weight is 484 g/mol. The van der Waals surface area contributed by atoms with Gasteiger partial charge in [-0.1, -0.05) is 0 Å². The van der Waals surface area contributed by atoms with Crippen LogP contribution in [0.1, 0.15) is 37.0 Å². The van der Waals surface area contributed by atoms with Crippen LogP contribution in [0, 0.1) is 5.95 Å². The first-order valence-corrected chi connectivity index (χ1v) is 12.0. The van der Waals surface area contributed by atoms with Crippen molar-refractivity contribution in [3.05, 3.63) is 36.5 Å². The van der Waals surface area contributed by atoms with Crippen molar-refractivity contribution < 1.29 is 25.9 Å². The molecule has 0 aliphatic carbocycles. The van der Waals surface area contributed by atoms with E-state index in [-0.39, 0.29) is 13.7 Å². The number of nitrogens with zero attached hydrogens (tertiary/aromatic N) is 3. The van der Waals surface area contributed by atoms with E-state index in [1.165, 1.54) is 20.1 Å². The van der Waals surface area contributed by atoms with Crippen LogP contribution in [0.5, 0.6) is 5.75 Å². The zero-order valence-electron chi connectivity index (χ0n) is 19.3. The third-order valence-electron chi connectivity index (χ3n) is 5.08. The van der Waals surface area contributed by atoms with Crippen molar-refractivity contribution in [2.24, 2.45) is 0 Å². The summed E-state index contributed by atoms with van der Waals surface area (Å²) in [5.41, 5.74) is 1.58. The molecule has 0 aliphatic heterocycles. The Morgan fingerprint density at radius 1 is 1.27 bits per heavy atom. The van der Waals surface area contributed by atoms with Gasteiger partial charge >= 0.3 is 0 Å². The molecule has 0 bridgehead atoms. The zero-order chi connectivity index (χ0) is 24.4. The minimum Gasteiger partial charge on any atom is -0.495 e. The molecule has 0 saturated carbocycles. The third kappa shape index (κ3) is 5.37. The molecule has 0 aliphatic rings. The summed E-state index contributed by atoms with van der Waals surface area (Å²) in [5, 5.41) is 5.76. The number of carbonyl (C=O) groups excluding carboxylic acids is 1. The summed E-state index contributed by atoms with van der Waals surface area (Å²) < 4.78 is 42.5. The molecule has 11 heteroatoms. The van der Waals surface area contributed by atoms with Crippen molar-refractivity contribution in [1.29, 1.82) is 0 Å². The number of aromatic nitrogens is 3. The summed E-state index contributed by atoms with van der Waals surface area (Å²) in [7, 11) is -1.77. The van der Waals surface area contributed by atoms with Gasteiger partial charge in [-0.3, -0.25) is 18.3 Å². The van der Waals surface area contributed by atoms with Gasteiger partial charge in [0.25, 0.3) is 0 Å². The number of nitrogens with one attached hydrogen (secondary N) is 2. The molecule has 0 saturated heterocycles. The highest BCUT2D eigenvalue weighted by Crippen LogP contribution is 2.61. The second-order valence-electron chi connectivity index (χ2n) is 8.57. The van der Waals surface area contributed by atoms with E-state index in [1.807, 2.05) is 0 Å². The monoisotopic (exact) mass is 483 g/mol. The van der Waals surface area contributed by atoms with Crippen LogP contribution in [0.25, 0.3) is 16.9 Å². The summed E-state index contributed by atoms with van der Waals surface area (Å²) >= 11 is 0. The van der Waals surface area contributed by atoms with Crippen LogP contribution >= 0.6 is 10.6 Å². The maximum Gasteiger partial charge on any atom is 0.216 e. The predicted molar refractivity (Wildman–Crippen MR) is 132 cm³/mol. The Morgan fingerprint density at radius 3 is 2.64 bits per heavy atom. The topological polar surface area (TPSA) is 121 Å². The molecular weight excluding hydrogens is 449 g/mol. The Balaban J connectivity index is 0.00000306. The van der Waals surface area contributed by atoms with E-state index < -0.39 is 21.3 Å². The second-order valence-corrected chi connectivity index (χ2v) is 11.3. The fourth-order valence-corrected chi connectivity index (χ4v) is 4.54. The van der Waals surface area contributed by atoms with Crippen molar-refractivity contribution in [3.8, 4) is 17.0 Å². The van der Waals surface area contributed by atoms with Gasteiger partial charge in [0.1, 0.15) is 22.1 Å². The fraction of sp³-hybridized carbons (Fsp3) is 0.409. The Morgan fingerprint density at radius 2 is 2.00 bits per heavy atom. The van der Waals surface area contributed by atoms with Gasteiger partial charge in [0.05, 0.1) is 23.7 Å². The van der Waals surface area contributed by atoms with E-state index in [9.17, 15) is 18.3 Å². The maximum atomic E-state index is 14.3. The molecule has 3 rings (SSSR count). The molecule has 0 fully saturated rings. The lowest BCUT2D eigenvalue weighted by Crippen LogP contribution is -2.25. The Hall–Kier alpha value is -2.89. The number of pyridine rings is 2. The Kier molecular flexibility index (Phi) is 7.15. The molecule has 1 amide bonds. The van der Waals surface area contributed by atoms with E-state index >= 15 is 0 Å². The van der Waals surface area contributed by atoms with Gasteiger partial charge in [-0.15, -0.1) is 0 Å². The molecule has 0 atom stereocenters. The van der Waals surface area contributed by atoms with Crippen LogP contribution in [0.2, 0.25) is 0 Å². The highest BCUT2D eigenvalue weighted by Gasteiger charge is 2.34. The Bertz CT molecular complexity index is 1170. The largest absolute Gasteiger partial charge is 0.495 e. The lowest BCUT2D eigenvalue weighted by atomic mass is 10.2. The van der Waals surface area contributed by atoms with Crippen LogP contribution < -0.4 is 15.4 Å². The summed E-state index contributed by atoms with van der Waals surface area (Å²) in [6.07, 6.45) is 3.81. The maximum absolute atomic E-state index is 14.3. The normalized spacial score (nSPS) is 12.6. The molecule has 33 heavy (non-hydrogen) atoms. The number of rotatable bonds is 8. The van der Waals surface area contributed by atoms with Crippen molar-refractivity contribution in [2.45, 2.75) is 43.8 Å². The molecule has 3 aromatic heterocycles. The number of anilines is 1. The average Bonchev–Trinajstić information content (AvgIpc) is 3.14. The first kappa shape index (κ1) is 24.7. The van der Waals surface area contributed by atoms with Crippen molar-refractivity contribution in [2.75, 3.05) is 25.5 Å². The number of amides is 1. The summed E-state index contributed by atoms with van der Waals surface area (Å²) in [4.78, 5) is 19.5. The number of halogens is 1. The molecule has 0 spiro atoms. The van der Waals surface area contributed by atoms with Crippen LogP contribution in [0.4, 0.5) is 10.2 Å². The number of hydrogen-bond acceptors (Lipinski definition) is 7. The SMILES string of the molecule is COc1cc2ncc(-c3cc(F)nc(NCCCNC(C)=O)c3)n2cc1S(O)(O)C(C)(C)C.[HH].[HH]. The van der Waals surface area contributed by atoms with Crippen molar-refractivity contribution in [1.82, 2.24) is 19.7 Å². The molecule has 0 radical (unpaired) electrons. The van der Waals surface area contributed by atoms with E-state index in [4.69, 9.17) is 4.74 Å². The molecule has 9 nitrogen and oxygen atoms in total. The number of methoxy groups -OCH3 is 1. The van der Waals surface area contributed by atoms with Crippen LogP contribution in [0.3, 0.4) is 0 Å². The first-order chi connectivity index (χ1) is 15.4. The lowest BCUT2D eigenvalue weighted by Gasteiger charge is -2.44. The summed E-state index contributed by atoms with van der Waals surface area (Å²) in [6.45, 7) is 7.67. The smallest absolute Gasteiger partial charge is 0.216 e. The van der Waals surface area contributed by atoms with Gasteiger partial charge in [0, 0.05) is 46.8 Å². The Labute approximate surface area is 196 Å². The summed E-state index contributed by atoms with van der Waals surface area (Å²) in [5.74, 6) is -0.111. The van der Waals surface area contributed by atoms with Crippen LogP contribution in [-0.4, -0.2) is 54.3 Å². The molecule has 0 unspecified atom stereocenters. The quantitative estimate of drug-likeness (QED) is 0.266. The number of fused-ring (bicyclic) bond motifs is 1. The third-order valence-corrected chi connectivity index (χ3v) is 7.71. The molecule has 4 N–H and O–H groups in total. The van der Waals surface area contributed by atoms with Crippen molar-refractivity contribution in [3.63, 3.8) is 0 Å². The zero-order valence-corrected chi connectivity index (χ0v) is 20.2. The molecule has 0 aromatic carbocycles. The van der Waals surface area contributed by atoms with Gasteiger partial charge in [-0.2, -0.15) is 15.0 Å². The van der Waals surface area contributed by atoms with Gasteiger partial charge in [-0.05, 0) is 33.3 Å². The van der Waals surface area contributed by atoms with Gasteiger partial charge in [0.2, 0.25) is 11.9 Å². The van der Waals surface area contributed by atoms with E-state index in [0.717, 1.165) is 0 Å². The van der Waals surface area contributed by atoms with Crippen LogP contribution in [-0.2, 0) is 4.79 Å². The predicted octanol–water partition coefficient (Wildman–Crippen LogP) is 4.88. The molecule has 184 valence electrons. The molecular formula is C22H34FN5O4S. The van der Waals surface area contributed by atoms with Crippen LogP contribution in [0.15, 0.2) is 35.5 Å². The highest BCUT2D eigenvalue weighted by molar-refractivity contribution is 8.25. The van der Waals surface area contributed by atoms with Gasteiger partial charge in [-0.25, -0.2) is 9.97 Å². The minimum atomic E-state index is -3.23. The summed E-state index contributed by atoms with van der Waals surface area (Å²) in [6, 6.07) is 4.60. The van der Waals surface area contributed by atoms with Gasteiger partial charge in [0.15, 0.2) is 0 Å². The minimum absolute atomic E-state index is 0. The number of hydrogen-bond donors (Lipinski definition) is 4. The molecule has 3 aromatic rings. The van der Waals surface area contributed by atoms with E-state index in [0.29, 0.717) is 48.0 Å². The number of carbonyl (C=O) groups is 1. The number of imidazole rings is 1. The second kappa shape index (κ2) is 9.54. The molecule has 3 heterocycles. The van der Waals surface area contributed by atoms with Gasteiger partial charge < -0.3 is 15.4 Å². The van der Waals surface area contributed by atoms with Crippen molar-refractivity contribution >= 4 is 28.0 Å². The lowest BCUT2D eigenvalue weighted by molar-refractivity contribution is -0.118.